The first-order chi connectivity index (χ1) is 7.22. The van der Waals surface area contributed by atoms with E-state index in [0.29, 0.717) is 6.42 Å². The van der Waals surface area contributed by atoms with Crippen molar-refractivity contribution in [2.24, 2.45) is 5.92 Å². The van der Waals surface area contributed by atoms with E-state index in [1.165, 1.54) is 0 Å². The largest absolute Gasteiger partial charge is 0.481 e. The number of carboxylic acids is 1. The molecule has 0 aliphatic carbocycles. The minimum absolute atomic E-state index is 0.185. The summed E-state index contributed by atoms with van der Waals surface area (Å²) in [7, 11) is 0. The Morgan fingerprint density at radius 3 is 2.27 bits per heavy atom. The van der Waals surface area contributed by atoms with Gasteiger partial charge >= 0.3 is 5.97 Å². The Bertz CT molecular complexity index is 160. The summed E-state index contributed by atoms with van der Waals surface area (Å²) >= 11 is 0. The van der Waals surface area contributed by atoms with Gasteiger partial charge in [-0.15, -0.1) is 0 Å². The van der Waals surface area contributed by atoms with Gasteiger partial charge in [-0.05, 0) is 19.3 Å². The maximum Gasteiger partial charge on any atom is 0.306 e. The molecular weight excluding hydrogens is 195 g/mol. The zero-order chi connectivity index (χ0) is 11.5. The highest BCUT2D eigenvalue weighted by Gasteiger charge is 2.15. The fourth-order valence-corrected chi connectivity index (χ4v) is 1.68. The van der Waals surface area contributed by atoms with Crippen LogP contribution in [0.4, 0.5) is 4.39 Å². The van der Waals surface area contributed by atoms with Gasteiger partial charge in [-0.25, -0.2) is 0 Å². The van der Waals surface area contributed by atoms with Crippen LogP contribution in [0, 0.1) is 5.92 Å². The van der Waals surface area contributed by atoms with Crippen molar-refractivity contribution in [1.82, 2.24) is 0 Å². The van der Waals surface area contributed by atoms with Gasteiger partial charge in [0.2, 0.25) is 0 Å². The second kappa shape index (κ2) is 9.94. The van der Waals surface area contributed by atoms with Crippen LogP contribution in [0.15, 0.2) is 0 Å². The normalized spacial score (nSPS) is 12.7. The number of carbonyl (C=O) groups is 1. The van der Waals surface area contributed by atoms with Crippen LogP contribution in [-0.4, -0.2) is 17.8 Å². The molecule has 0 rings (SSSR count). The molecule has 0 aliphatic heterocycles. The predicted molar refractivity (Wildman–Crippen MR) is 59.7 cm³/mol. The molecule has 0 aromatic rings. The fraction of sp³-hybridized carbons (Fsp3) is 0.917. The first-order valence-electron chi connectivity index (χ1n) is 6.01. The van der Waals surface area contributed by atoms with E-state index in [2.05, 4.69) is 6.92 Å². The van der Waals surface area contributed by atoms with Gasteiger partial charge in [0.05, 0.1) is 12.6 Å². The van der Waals surface area contributed by atoms with Crippen molar-refractivity contribution in [2.75, 3.05) is 6.67 Å². The number of carboxylic acid groups (broad SMARTS) is 1. The van der Waals surface area contributed by atoms with E-state index in [0.717, 1.165) is 44.9 Å². The Morgan fingerprint density at radius 2 is 1.73 bits per heavy atom. The standard InChI is InChI=1S/C12H23FO2/c1-2-3-8-11(12(14)15)9-6-4-5-7-10-13/h11H,2-10H2,1H3,(H,14,15). The van der Waals surface area contributed by atoms with Crippen LogP contribution >= 0.6 is 0 Å². The van der Waals surface area contributed by atoms with Gasteiger partial charge in [0, 0.05) is 0 Å². The molecule has 0 amide bonds. The summed E-state index contributed by atoms with van der Waals surface area (Å²) in [5, 5.41) is 8.94. The molecule has 15 heavy (non-hydrogen) atoms. The van der Waals surface area contributed by atoms with Crippen molar-refractivity contribution in [1.29, 1.82) is 0 Å². The number of alkyl halides is 1. The van der Waals surface area contributed by atoms with Crippen LogP contribution in [0.25, 0.3) is 0 Å². The lowest BCUT2D eigenvalue weighted by molar-refractivity contribution is -0.142. The summed E-state index contributed by atoms with van der Waals surface area (Å²) < 4.78 is 11.8. The van der Waals surface area contributed by atoms with Crippen LogP contribution in [0.5, 0.6) is 0 Å². The summed E-state index contributed by atoms with van der Waals surface area (Å²) in [5.74, 6) is -0.857. The van der Waals surface area contributed by atoms with E-state index in [9.17, 15) is 9.18 Å². The van der Waals surface area contributed by atoms with Crippen molar-refractivity contribution in [2.45, 2.75) is 58.3 Å². The van der Waals surface area contributed by atoms with Gasteiger partial charge < -0.3 is 5.11 Å². The molecule has 90 valence electrons. The van der Waals surface area contributed by atoms with Crippen LogP contribution in [0.1, 0.15) is 58.3 Å². The molecule has 0 radical (unpaired) electrons. The molecule has 0 bridgehead atoms. The first-order valence-corrected chi connectivity index (χ1v) is 6.01. The monoisotopic (exact) mass is 218 g/mol. The molecule has 0 saturated heterocycles. The lowest BCUT2D eigenvalue weighted by Gasteiger charge is -2.10. The Balaban J connectivity index is 3.53. The first kappa shape index (κ1) is 14.4. The molecule has 1 atom stereocenters. The van der Waals surface area contributed by atoms with E-state index in [-0.39, 0.29) is 12.6 Å². The molecular formula is C12H23FO2. The number of aliphatic carboxylic acids is 1. The average molecular weight is 218 g/mol. The van der Waals surface area contributed by atoms with E-state index in [4.69, 9.17) is 5.11 Å². The zero-order valence-electron chi connectivity index (χ0n) is 9.67. The Kier molecular flexibility index (Phi) is 9.54. The van der Waals surface area contributed by atoms with Gasteiger partial charge in [0.15, 0.2) is 0 Å². The molecule has 2 nitrogen and oxygen atoms in total. The van der Waals surface area contributed by atoms with Crippen LogP contribution in [0.3, 0.4) is 0 Å². The molecule has 1 unspecified atom stereocenters. The van der Waals surface area contributed by atoms with Crippen molar-refractivity contribution < 1.29 is 14.3 Å². The van der Waals surface area contributed by atoms with Crippen LogP contribution < -0.4 is 0 Å². The van der Waals surface area contributed by atoms with E-state index in [1.807, 2.05) is 0 Å². The highest BCUT2D eigenvalue weighted by molar-refractivity contribution is 5.69. The number of hydrogen-bond donors (Lipinski definition) is 1. The molecule has 0 heterocycles. The summed E-state index contributed by atoms with van der Waals surface area (Å²) in [6.45, 7) is 1.82. The molecule has 0 aromatic heterocycles. The summed E-state index contributed by atoms with van der Waals surface area (Å²) in [6.07, 6.45) is 6.95. The Hall–Kier alpha value is -0.600. The predicted octanol–water partition coefficient (Wildman–Crippen LogP) is 3.80. The second-order valence-corrected chi connectivity index (χ2v) is 4.07. The van der Waals surface area contributed by atoms with Gasteiger partial charge in [-0.1, -0.05) is 39.0 Å². The topological polar surface area (TPSA) is 37.3 Å². The van der Waals surface area contributed by atoms with Gasteiger partial charge in [0.25, 0.3) is 0 Å². The SMILES string of the molecule is CCCCC(CCCCCCF)C(=O)O. The van der Waals surface area contributed by atoms with Gasteiger partial charge in [-0.2, -0.15) is 0 Å². The van der Waals surface area contributed by atoms with Gasteiger partial charge in [-0.3, -0.25) is 9.18 Å². The molecule has 0 spiro atoms. The fourth-order valence-electron chi connectivity index (χ4n) is 1.68. The average Bonchev–Trinajstić information content (AvgIpc) is 2.21. The smallest absolute Gasteiger partial charge is 0.306 e. The molecule has 0 fully saturated rings. The number of hydrogen-bond acceptors (Lipinski definition) is 1. The molecule has 3 heteroatoms. The lowest BCUT2D eigenvalue weighted by Crippen LogP contribution is -2.13. The lowest BCUT2D eigenvalue weighted by atomic mass is 9.95. The Labute approximate surface area is 91.9 Å². The summed E-state index contributed by atoms with van der Waals surface area (Å²) in [4.78, 5) is 10.9. The highest BCUT2D eigenvalue weighted by atomic mass is 19.1. The Morgan fingerprint density at radius 1 is 1.13 bits per heavy atom. The van der Waals surface area contributed by atoms with Gasteiger partial charge in [0.1, 0.15) is 0 Å². The van der Waals surface area contributed by atoms with E-state index >= 15 is 0 Å². The van der Waals surface area contributed by atoms with E-state index in [1.54, 1.807) is 0 Å². The van der Waals surface area contributed by atoms with Crippen LogP contribution in [-0.2, 0) is 4.79 Å². The maximum atomic E-state index is 11.8. The van der Waals surface area contributed by atoms with Crippen LogP contribution in [0.2, 0.25) is 0 Å². The molecule has 0 aromatic carbocycles. The third-order valence-corrected chi connectivity index (χ3v) is 2.69. The minimum Gasteiger partial charge on any atom is -0.481 e. The second-order valence-electron chi connectivity index (χ2n) is 4.07. The quantitative estimate of drug-likeness (QED) is 0.566. The van der Waals surface area contributed by atoms with E-state index < -0.39 is 5.97 Å². The number of unbranched alkanes of at least 4 members (excludes halogenated alkanes) is 4. The van der Waals surface area contributed by atoms with Crippen molar-refractivity contribution in [3.63, 3.8) is 0 Å². The maximum absolute atomic E-state index is 11.8. The zero-order valence-corrected chi connectivity index (χ0v) is 9.67. The molecule has 0 aliphatic rings. The minimum atomic E-state index is -0.672. The number of rotatable bonds is 10. The summed E-state index contributed by atoms with van der Waals surface area (Å²) in [5.41, 5.74) is 0. The highest BCUT2D eigenvalue weighted by Crippen LogP contribution is 2.17. The van der Waals surface area contributed by atoms with Crippen molar-refractivity contribution in [3.8, 4) is 0 Å². The van der Waals surface area contributed by atoms with Crippen molar-refractivity contribution in [3.05, 3.63) is 0 Å². The number of halogens is 1. The molecule has 0 saturated carbocycles. The third-order valence-electron chi connectivity index (χ3n) is 2.69. The summed E-state index contributed by atoms with van der Waals surface area (Å²) in [6, 6.07) is 0. The molecule has 1 N–H and O–H groups in total. The van der Waals surface area contributed by atoms with Crippen molar-refractivity contribution >= 4 is 5.97 Å². The third kappa shape index (κ3) is 8.40.